The predicted molar refractivity (Wildman–Crippen MR) is 93.9 cm³/mol. The molecule has 2 aliphatic rings. The van der Waals surface area contributed by atoms with Gasteiger partial charge < -0.3 is 14.4 Å². The quantitative estimate of drug-likeness (QED) is 0.802. The molecule has 0 aromatic heterocycles. The van der Waals surface area contributed by atoms with Crippen molar-refractivity contribution < 1.29 is 9.47 Å². The minimum atomic E-state index is 0.202. The molecule has 3 heteroatoms. The van der Waals surface area contributed by atoms with Crippen molar-refractivity contribution in [2.24, 2.45) is 5.92 Å². The molecule has 1 heterocycles. The zero-order chi connectivity index (χ0) is 16.1. The fraction of sp³-hybridized carbons (Fsp3) is 0.700. The Kier molecular flexibility index (Phi) is 5.96. The fourth-order valence-electron chi connectivity index (χ4n) is 4.55. The molecule has 3 rings (SSSR count). The van der Waals surface area contributed by atoms with Crippen molar-refractivity contribution in [3.05, 3.63) is 29.8 Å². The third kappa shape index (κ3) is 3.89. The summed E-state index contributed by atoms with van der Waals surface area (Å²) in [5, 5.41) is 0. The summed E-state index contributed by atoms with van der Waals surface area (Å²) in [6, 6.07) is 9.15. The van der Waals surface area contributed by atoms with Crippen LogP contribution in [0.15, 0.2) is 24.3 Å². The summed E-state index contributed by atoms with van der Waals surface area (Å²) in [7, 11) is 3.59. The van der Waals surface area contributed by atoms with Gasteiger partial charge in [-0.2, -0.15) is 0 Å². The van der Waals surface area contributed by atoms with Crippen molar-refractivity contribution in [3.8, 4) is 5.75 Å². The molecule has 23 heavy (non-hydrogen) atoms. The molecule has 3 atom stereocenters. The van der Waals surface area contributed by atoms with E-state index in [1.807, 2.05) is 7.11 Å². The lowest BCUT2D eigenvalue weighted by atomic mass is 9.77. The van der Waals surface area contributed by atoms with E-state index in [0.29, 0.717) is 12.0 Å². The van der Waals surface area contributed by atoms with Crippen molar-refractivity contribution >= 4 is 0 Å². The summed E-state index contributed by atoms with van der Waals surface area (Å²) in [6.07, 6.45) is 9.66. The van der Waals surface area contributed by atoms with Gasteiger partial charge in [-0.25, -0.2) is 0 Å². The Morgan fingerprint density at radius 1 is 0.913 bits per heavy atom. The minimum absolute atomic E-state index is 0.202. The van der Waals surface area contributed by atoms with E-state index >= 15 is 0 Å². The second kappa shape index (κ2) is 8.16. The number of likely N-dealkylation sites (tertiary alicyclic amines) is 1. The number of benzene rings is 1. The monoisotopic (exact) mass is 317 g/mol. The molecule has 1 aromatic carbocycles. The van der Waals surface area contributed by atoms with Gasteiger partial charge in [0.05, 0.1) is 13.2 Å². The van der Waals surface area contributed by atoms with E-state index in [9.17, 15) is 0 Å². The third-order valence-electron chi connectivity index (χ3n) is 5.73. The van der Waals surface area contributed by atoms with Gasteiger partial charge in [-0.05, 0) is 56.5 Å². The van der Waals surface area contributed by atoms with Gasteiger partial charge in [0, 0.05) is 19.1 Å². The molecule has 0 radical (unpaired) electrons. The fourth-order valence-corrected chi connectivity index (χ4v) is 4.55. The molecule has 1 saturated heterocycles. The number of rotatable bonds is 5. The second-order valence-corrected chi connectivity index (χ2v) is 7.04. The number of hydrogen-bond donors (Lipinski definition) is 0. The van der Waals surface area contributed by atoms with Gasteiger partial charge in [-0.1, -0.05) is 31.4 Å². The Balaban J connectivity index is 1.78. The first-order chi connectivity index (χ1) is 11.3. The van der Waals surface area contributed by atoms with E-state index in [-0.39, 0.29) is 6.10 Å². The Labute approximate surface area is 141 Å². The summed E-state index contributed by atoms with van der Waals surface area (Å²) in [4.78, 5) is 2.75. The normalized spacial score (nSPS) is 27.6. The molecule has 0 amide bonds. The highest BCUT2D eigenvalue weighted by Crippen LogP contribution is 2.40. The van der Waals surface area contributed by atoms with Crippen LogP contribution in [0.1, 0.15) is 56.6 Å². The molecule has 0 unspecified atom stereocenters. The Bertz CT molecular complexity index is 467. The van der Waals surface area contributed by atoms with Crippen LogP contribution in [-0.4, -0.2) is 38.3 Å². The summed E-state index contributed by atoms with van der Waals surface area (Å²) >= 11 is 0. The van der Waals surface area contributed by atoms with Gasteiger partial charge in [0.2, 0.25) is 0 Å². The van der Waals surface area contributed by atoms with Gasteiger partial charge in [-0.3, -0.25) is 0 Å². The highest BCUT2D eigenvalue weighted by Gasteiger charge is 2.36. The average Bonchev–Trinajstić information content (AvgIpc) is 2.64. The maximum Gasteiger partial charge on any atom is 0.118 e. The molecule has 128 valence electrons. The van der Waals surface area contributed by atoms with Crippen LogP contribution in [0.25, 0.3) is 0 Å². The van der Waals surface area contributed by atoms with Gasteiger partial charge in [-0.15, -0.1) is 0 Å². The van der Waals surface area contributed by atoms with Crippen molar-refractivity contribution in [2.45, 2.75) is 57.1 Å². The predicted octanol–water partition coefficient (Wildman–Crippen LogP) is 4.43. The zero-order valence-electron chi connectivity index (χ0n) is 14.7. The molecule has 0 bridgehead atoms. The lowest BCUT2D eigenvalue weighted by molar-refractivity contribution is -0.0204. The number of nitrogens with zero attached hydrogens (tertiary/aromatic N) is 1. The number of piperidine rings is 1. The highest BCUT2D eigenvalue weighted by molar-refractivity contribution is 5.29. The molecule has 1 saturated carbocycles. The first-order valence-corrected chi connectivity index (χ1v) is 9.24. The Hall–Kier alpha value is -1.06. The maximum atomic E-state index is 6.00. The van der Waals surface area contributed by atoms with Crippen LogP contribution in [0.4, 0.5) is 0 Å². The van der Waals surface area contributed by atoms with Crippen molar-refractivity contribution in [2.75, 3.05) is 27.3 Å². The molecular formula is C20H31NO2. The van der Waals surface area contributed by atoms with E-state index in [2.05, 4.69) is 29.2 Å². The van der Waals surface area contributed by atoms with Crippen molar-refractivity contribution in [1.29, 1.82) is 0 Å². The smallest absolute Gasteiger partial charge is 0.118 e. The summed E-state index contributed by atoms with van der Waals surface area (Å²) in [5.74, 6) is 1.53. The largest absolute Gasteiger partial charge is 0.497 e. The van der Waals surface area contributed by atoms with Gasteiger partial charge >= 0.3 is 0 Å². The van der Waals surface area contributed by atoms with Crippen LogP contribution in [0, 0.1) is 5.92 Å². The first kappa shape index (κ1) is 16.8. The van der Waals surface area contributed by atoms with E-state index in [1.165, 1.54) is 63.6 Å². The summed E-state index contributed by atoms with van der Waals surface area (Å²) in [6.45, 7) is 2.56. The molecule has 3 nitrogen and oxygen atoms in total. The van der Waals surface area contributed by atoms with E-state index in [1.54, 1.807) is 7.11 Å². The van der Waals surface area contributed by atoms with Crippen molar-refractivity contribution in [3.63, 3.8) is 0 Å². The number of methoxy groups -OCH3 is 2. The van der Waals surface area contributed by atoms with Crippen LogP contribution in [0.5, 0.6) is 5.75 Å². The summed E-state index contributed by atoms with van der Waals surface area (Å²) < 4.78 is 11.3. The molecular weight excluding hydrogens is 286 g/mol. The van der Waals surface area contributed by atoms with Crippen LogP contribution in [-0.2, 0) is 4.74 Å². The maximum absolute atomic E-state index is 6.00. The van der Waals surface area contributed by atoms with E-state index in [0.717, 1.165) is 5.75 Å². The lowest BCUT2D eigenvalue weighted by Crippen LogP contribution is -2.47. The first-order valence-electron chi connectivity index (χ1n) is 9.24. The molecule has 1 aliphatic heterocycles. The van der Waals surface area contributed by atoms with Crippen LogP contribution < -0.4 is 4.74 Å². The van der Waals surface area contributed by atoms with Gasteiger partial charge in [0.25, 0.3) is 0 Å². The van der Waals surface area contributed by atoms with Crippen LogP contribution in [0.3, 0.4) is 0 Å². The molecule has 0 N–H and O–H groups in total. The molecule has 1 aromatic rings. The van der Waals surface area contributed by atoms with Crippen molar-refractivity contribution in [1.82, 2.24) is 4.90 Å². The standard InChI is InChI=1S/C20H31NO2/c1-22-17-12-10-16(11-13-17)20(23-2)18-8-4-5-9-19(18)21-14-6-3-7-15-21/h10-13,18-20H,3-9,14-15H2,1-2H3/t18-,19+,20-/m0/s1. The highest BCUT2D eigenvalue weighted by atomic mass is 16.5. The Morgan fingerprint density at radius 2 is 1.61 bits per heavy atom. The molecule has 1 aliphatic carbocycles. The molecule has 2 fully saturated rings. The van der Waals surface area contributed by atoms with E-state index < -0.39 is 0 Å². The summed E-state index contributed by atoms with van der Waals surface area (Å²) in [5.41, 5.74) is 1.29. The lowest BCUT2D eigenvalue weighted by Gasteiger charge is -2.44. The SMILES string of the molecule is COc1ccc([C@H](OC)[C@H]2CCCC[C@H]2N2CCCCC2)cc1. The number of ether oxygens (including phenoxy) is 2. The second-order valence-electron chi connectivity index (χ2n) is 7.04. The number of hydrogen-bond acceptors (Lipinski definition) is 3. The van der Waals surface area contributed by atoms with Gasteiger partial charge in [0.1, 0.15) is 5.75 Å². The van der Waals surface area contributed by atoms with Crippen LogP contribution >= 0.6 is 0 Å². The third-order valence-corrected chi connectivity index (χ3v) is 5.73. The van der Waals surface area contributed by atoms with Gasteiger partial charge in [0.15, 0.2) is 0 Å². The average molecular weight is 317 g/mol. The topological polar surface area (TPSA) is 21.7 Å². The zero-order valence-corrected chi connectivity index (χ0v) is 14.7. The van der Waals surface area contributed by atoms with E-state index in [4.69, 9.17) is 9.47 Å². The van der Waals surface area contributed by atoms with Crippen LogP contribution in [0.2, 0.25) is 0 Å². The molecule has 0 spiro atoms. The Morgan fingerprint density at radius 3 is 2.26 bits per heavy atom. The minimum Gasteiger partial charge on any atom is -0.497 e.